The zero-order valence-electron chi connectivity index (χ0n) is 19.7. The van der Waals surface area contributed by atoms with E-state index in [1.165, 1.54) is 11.8 Å². The molecule has 8 nitrogen and oxygen atoms in total. The highest BCUT2D eigenvalue weighted by Crippen LogP contribution is 2.31. The van der Waals surface area contributed by atoms with Crippen LogP contribution in [-0.4, -0.2) is 68.4 Å². The fourth-order valence-corrected chi connectivity index (χ4v) is 4.93. The molecule has 35 heavy (non-hydrogen) atoms. The number of halogens is 1. The molecule has 1 fully saturated rings. The highest BCUT2D eigenvalue weighted by atomic mass is 35.5. The van der Waals surface area contributed by atoms with Crippen molar-refractivity contribution in [3.63, 3.8) is 0 Å². The van der Waals surface area contributed by atoms with E-state index in [0.29, 0.717) is 33.5 Å². The molecule has 0 spiro atoms. The van der Waals surface area contributed by atoms with E-state index in [2.05, 4.69) is 30.2 Å². The summed E-state index contributed by atoms with van der Waals surface area (Å²) in [5, 5.41) is 5.30. The third kappa shape index (κ3) is 5.08. The second kappa shape index (κ2) is 10.4. The lowest BCUT2D eigenvalue weighted by molar-refractivity contribution is 0.232. The van der Waals surface area contributed by atoms with Gasteiger partial charge in [-0.15, -0.1) is 0 Å². The molecule has 1 aromatic carbocycles. The minimum absolute atomic E-state index is 0.108. The van der Waals surface area contributed by atoms with Gasteiger partial charge in [0.05, 0.1) is 17.6 Å². The maximum atomic E-state index is 13.8. The van der Waals surface area contributed by atoms with Crippen molar-refractivity contribution in [3.05, 3.63) is 63.9 Å². The highest BCUT2D eigenvalue weighted by Gasteiger charge is 2.18. The average Bonchev–Trinajstić information content (AvgIpc) is 2.88. The number of hydrogen-bond acceptors (Lipinski definition) is 8. The predicted octanol–water partition coefficient (Wildman–Crippen LogP) is 3.50. The molecular weight excluding hydrogens is 482 g/mol. The molecule has 0 aliphatic carbocycles. The molecule has 4 heterocycles. The predicted molar refractivity (Wildman–Crippen MR) is 141 cm³/mol. The summed E-state index contributed by atoms with van der Waals surface area (Å²) in [5.74, 6) is 0. The van der Waals surface area contributed by atoms with E-state index >= 15 is 0 Å². The van der Waals surface area contributed by atoms with Gasteiger partial charge in [0.25, 0.3) is 5.56 Å². The molecular formula is C25H26ClN7OS. The zero-order chi connectivity index (χ0) is 24.4. The zero-order valence-corrected chi connectivity index (χ0v) is 21.2. The Morgan fingerprint density at radius 2 is 1.89 bits per heavy atom. The third-order valence-corrected chi connectivity index (χ3v) is 7.02. The molecule has 1 aliphatic heterocycles. The van der Waals surface area contributed by atoms with Crippen LogP contribution >= 0.6 is 23.4 Å². The summed E-state index contributed by atoms with van der Waals surface area (Å²) in [6.45, 7) is 7.07. The number of pyridine rings is 1. The Morgan fingerprint density at radius 3 is 2.63 bits per heavy atom. The Morgan fingerprint density at radius 1 is 1.06 bits per heavy atom. The number of nitrogens with zero attached hydrogens (tertiary/aromatic N) is 6. The number of piperazine rings is 1. The Kier molecular flexibility index (Phi) is 7.10. The van der Waals surface area contributed by atoms with Crippen molar-refractivity contribution in [2.75, 3.05) is 39.0 Å². The summed E-state index contributed by atoms with van der Waals surface area (Å²) in [7, 11) is 0. The van der Waals surface area contributed by atoms with Crippen LogP contribution in [0.5, 0.6) is 0 Å². The molecule has 4 aromatic rings. The van der Waals surface area contributed by atoms with Gasteiger partial charge in [0.1, 0.15) is 5.65 Å². The van der Waals surface area contributed by atoms with Crippen LogP contribution in [-0.2, 0) is 6.54 Å². The van der Waals surface area contributed by atoms with Gasteiger partial charge in [0.2, 0.25) is 0 Å². The molecule has 1 saturated heterocycles. The molecule has 1 N–H and O–H groups in total. The van der Waals surface area contributed by atoms with Crippen molar-refractivity contribution in [2.45, 2.75) is 18.6 Å². The Labute approximate surface area is 212 Å². The number of rotatable bonds is 6. The molecule has 0 bridgehead atoms. The third-order valence-electron chi connectivity index (χ3n) is 6.15. The SMILES string of the molecule is CSc1ncc2cc(-c3ccc(-c4cncc(C)n4)cc3Cl)c(=O)n(CCN3CCNCC3)c2n1. The smallest absolute Gasteiger partial charge is 0.260 e. The van der Waals surface area contributed by atoms with Crippen LogP contribution < -0.4 is 10.9 Å². The van der Waals surface area contributed by atoms with Gasteiger partial charge in [-0.2, -0.15) is 0 Å². The van der Waals surface area contributed by atoms with Gasteiger partial charge in [-0.3, -0.25) is 19.2 Å². The van der Waals surface area contributed by atoms with Gasteiger partial charge < -0.3 is 5.32 Å². The van der Waals surface area contributed by atoms with E-state index in [9.17, 15) is 4.79 Å². The number of aryl methyl sites for hydroxylation is 1. The van der Waals surface area contributed by atoms with Gasteiger partial charge in [-0.1, -0.05) is 35.5 Å². The molecule has 10 heteroatoms. The van der Waals surface area contributed by atoms with Gasteiger partial charge in [0, 0.05) is 78.8 Å². The van der Waals surface area contributed by atoms with Crippen LogP contribution in [0.15, 0.2) is 52.8 Å². The summed E-state index contributed by atoms with van der Waals surface area (Å²) >= 11 is 8.19. The lowest BCUT2D eigenvalue weighted by Gasteiger charge is -2.27. The maximum Gasteiger partial charge on any atom is 0.260 e. The summed E-state index contributed by atoms with van der Waals surface area (Å²) in [5.41, 5.74) is 4.16. The molecule has 0 saturated carbocycles. The summed E-state index contributed by atoms with van der Waals surface area (Å²) in [6.07, 6.45) is 7.13. The van der Waals surface area contributed by atoms with E-state index in [1.54, 1.807) is 23.2 Å². The molecule has 5 rings (SSSR count). The summed E-state index contributed by atoms with van der Waals surface area (Å²) in [6, 6.07) is 7.48. The standard InChI is InChI=1S/C25H26ClN7OS/c1-16-13-28-15-22(30-16)17-3-4-19(21(26)12-17)20-11-18-14-29-25(35-2)31-23(18)33(24(20)34)10-9-32-7-5-27-6-8-32/h3-4,11-15,27H,5-10H2,1-2H3. The number of aromatic nitrogens is 5. The van der Waals surface area contributed by atoms with Crippen molar-refractivity contribution in [1.29, 1.82) is 0 Å². The van der Waals surface area contributed by atoms with E-state index in [4.69, 9.17) is 11.6 Å². The van der Waals surface area contributed by atoms with Crippen LogP contribution in [0.25, 0.3) is 33.4 Å². The lowest BCUT2D eigenvalue weighted by Crippen LogP contribution is -2.45. The summed E-state index contributed by atoms with van der Waals surface area (Å²) < 4.78 is 1.77. The van der Waals surface area contributed by atoms with Gasteiger partial charge in [-0.05, 0) is 25.3 Å². The van der Waals surface area contributed by atoms with Crippen molar-refractivity contribution in [1.82, 2.24) is 34.7 Å². The maximum absolute atomic E-state index is 13.8. The number of benzene rings is 1. The fraction of sp³-hybridized carbons (Fsp3) is 0.320. The quantitative estimate of drug-likeness (QED) is 0.313. The minimum atomic E-state index is -0.108. The molecule has 0 amide bonds. The van der Waals surface area contributed by atoms with Crippen molar-refractivity contribution in [2.24, 2.45) is 0 Å². The Bertz CT molecular complexity index is 1440. The van der Waals surface area contributed by atoms with Crippen LogP contribution in [0.1, 0.15) is 5.69 Å². The first-order valence-electron chi connectivity index (χ1n) is 11.5. The molecule has 0 atom stereocenters. The van der Waals surface area contributed by atoms with Gasteiger partial charge >= 0.3 is 0 Å². The first-order valence-corrected chi connectivity index (χ1v) is 13.1. The van der Waals surface area contributed by atoms with E-state index in [0.717, 1.165) is 55.1 Å². The largest absolute Gasteiger partial charge is 0.314 e. The monoisotopic (exact) mass is 507 g/mol. The van der Waals surface area contributed by atoms with Crippen molar-refractivity contribution < 1.29 is 0 Å². The first-order chi connectivity index (χ1) is 17.0. The molecule has 1 aliphatic rings. The second-order valence-electron chi connectivity index (χ2n) is 8.48. The van der Waals surface area contributed by atoms with Gasteiger partial charge in [0.15, 0.2) is 5.16 Å². The normalized spacial score (nSPS) is 14.5. The van der Waals surface area contributed by atoms with Crippen LogP contribution in [0.3, 0.4) is 0 Å². The Hall–Kier alpha value is -2.85. The Balaban J connectivity index is 1.58. The number of thioether (sulfide) groups is 1. The highest BCUT2D eigenvalue weighted by molar-refractivity contribution is 7.98. The number of nitrogens with one attached hydrogen (secondary N) is 1. The van der Waals surface area contributed by atoms with Crippen LogP contribution in [0, 0.1) is 6.92 Å². The lowest BCUT2D eigenvalue weighted by atomic mass is 10.0. The molecule has 0 unspecified atom stereocenters. The van der Waals surface area contributed by atoms with E-state index in [1.807, 2.05) is 37.4 Å². The molecule has 0 radical (unpaired) electrons. The molecule has 3 aromatic heterocycles. The van der Waals surface area contributed by atoms with Gasteiger partial charge in [-0.25, -0.2) is 15.0 Å². The topological polar surface area (TPSA) is 88.8 Å². The molecule has 180 valence electrons. The average molecular weight is 508 g/mol. The van der Waals surface area contributed by atoms with E-state index < -0.39 is 0 Å². The minimum Gasteiger partial charge on any atom is -0.314 e. The van der Waals surface area contributed by atoms with Crippen molar-refractivity contribution in [3.8, 4) is 22.4 Å². The first kappa shape index (κ1) is 23.9. The summed E-state index contributed by atoms with van der Waals surface area (Å²) in [4.78, 5) is 34.0. The second-order valence-corrected chi connectivity index (χ2v) is 9.66. The van der Waals surface area contributed by atoms with Crippen molar-refractivity contribution >= 4 is 34.4 Å². The fourth-order valence-electron chi connectivity index (χ4n) is 4.31. The van der Waals surface area contributed by atoms with Crippen LogP contribution in [0.2, 0.25) is 5.02 Å². The van der Waals surface area contributed by atoms with Crippen LogP contribution in [0.4, 0.5) is 0 Å². The van der Waals surface area contributed by atoms with E-state index in [-0.39, 0.29) is 5.56 Å². The number of fused-ring (bicyclic) bond motifs is 1. The number of hydrogen-bond donors (Lipinski definition) is 1.